The molecule has 3 rings (SSSR count). The van der Waals surface area contributed by atoms with E-state index in [2.05, 4.69) is 22.6 Å². The van der Waals surface area contributed by atoms with Crippen LogP contribution in [0.15, 0.2) is 78.5 Å². The van der Waals surface area contributed by atoms with Crippen molar-refractivity contribution in [2.24, 2.45) is 0 Å². The number of rotatable bonds is 14. The second-order valence-electron chi connectivity index (χ2n) is 9.37. The summed E-state index contributed by atoms with van der Waals surface area (Å²) in [5.74, 6) is -6.74. The Morgan fingerprint density at radius 3 is 2.34 bits per heavy atom. The highest BCUT2D eigenvalue weighted by molar-refractivity contribution is 5.99. The molecule has 14 heteroatoms. The van der Waals surface area contributed by atoms with Crippen LogP contribution in [-0.4, -0.2) is 41.4 Å². The Labute approximate surface area is 248 Å². The van der Waals surface area contributed by atoms with Crippen LogP contribution in [0.1, 0.15) is 38.9 Å². The molecular weight excluding hydrogens is 594 g/mol. The van der Waals surface area contributed by atoms with Crippen molar-refractivity contribution in [3.05, 3.63) is 124 Å². The molecule has 2 aromatic carbocycles. The molecule has 0 radical (unpaired) electrons. The normalized spacial score (nSPS) is 13.2. The van der Waals surface area contributed by atoms with Crippen molar-refractivity contribution in [1.29, 1.82) is 0 Å². The minimum Gasteiger partial charge on any atom is -0.482 e. The molecule has 0 aliphatic carbocycles. The van der Waals surface area contributed by atoms with Crippen molar-refractivity contribution in [2.75, 3.05) is 12.1 Å². The summed E-state index contributed by atoms with van der Waals surface area (Å²) in [4.78, 5) is 40.2. The average molecular weight is 623 g/mol. The molecule has 0 bridgehead atoms. The van der Waals surface area contributed by atoms with Gasteiger partial charge in [-0.05, 0) is 18.6 Å². The molecule has 3 aromatic rings. The van der Waals surface area contributed by atoms with Gasteiger partial charge in [0.05, 0.1) is 12.4 Å². The maximum atomic E-state index is 14.4. The maximum Gasteiger partial charge on any atom is 0.274 e. The van der Waals surface area contributed by atoms with E-state index >= 15 is 0 Å². The highest BCUT2D eigenvalue weighted by Crippen LogP contribution is 2.20. The zero-order chi connectivity index (χ0) is 32.4. The molecule has 234 valence electrons. The van der Waals surface area contributed by atoms with Crippen molar-refractivity contribution in [1.82, 2.24) is 15.3 Å². The predicted octanol–water partition coefficient (Wildman–Crippen LogP) is 4.78. The van der Waals surface area contributed by atoms with Gasteiger partial charge in [0.2, 0.25) is 5.43 Å². The Balaban J connectivity index is 2.17. The Morgan fingerprint density at radius 2 is 1.75 bits per heavy atom. The number of benzene rings is 2. The standard InChI is InChI=1S/C30H28F6N4O4/c1-3-17(2)38-30(43)26-28(44-16-18-7-5-4-6-8-18)27(41)21(15-40(26)39-25(9-10-31)24(36)13-32)29(42)37-14-20-22(34)11-19(33)12-23(20)35/h3-12,15,17,24-25,39H,1,13-14,16H2,2H3,(H,37,42)(H,38,43). The quantitative estimate of drug-likeness (QED) is 0.178. The fourth-order valence-electron chi connectivity index (χ4n) is 3.85. The van der Waals surface area contributed by atoms with Gasteiger partial charge >= 0.3 is 0 Å². The molecule has 44 heavy (non-hydrogen) atoms. The van der Waals surface area contributed by atoms with Crippen LogP contribution in [0.3, 0.4) is 0 Å². The summed E-state index contributed by atoms with van der Waals surface area (Å²) in [6.07, 6.45) is 0.264. The van der Waals surface area contributed by atoms with Crippen LogP contribution >= 0.6 is 0 Å². The van der Waals surface area contributed by atoms with Crippen LogP contribution in [0.2, 0.25) is 0 Å². The molecule has 0 aliphatic heterocycles. The van der Waals surface area contributed by atoms with Crippen molar-refractivity contribution < 1.29 is 40.7 Å². The maximum absolute atomic E-state index is 14.4. The van der Waals surface area contributed by atoms with Crippen LogP contribution < -0.4 is 26.2 Å². The van der Waals surface area contributed by atoms with E-state index in [1.807, 2.05) is 0 Å². The van der Waals surface area contributed by atoms with E-state index in [-0.39, 0.29) is 12.9 Å². The molecule has 0 fully saturated rings. The van der Waals surface area contributed by atoms with Gasteiger partial charge in [-0.1, -0.05) is 36.4 Å². The molecule has 0 spiro atoms. The van der Waals surface area contributed by atoms with Crippen molar-refractivity contribution in [3.8, 4) is 5.75 Å². The third-order valence-electron chi connectivity index (χ3n) is 6.20. The third kappa shape index (κ3) is 8.30. The van der Waals surface area contributed by atoms with Crippen LogP contribution in [0, 0.1) is 17.5 Å². The van der Waals surface area contributed by atoms with Gasteiger partial charge in [0, 0.05) is 36.5 Å². The van der Waals surface area contributed by atoms with Crippen molar-refractivity contribution in [2.45, 2.75) is 38.3 Å². The fraction of sp³-hybridized carbons (Fsp3) is 0.233. The lowest BCUT2D eigenvalue weighted by Gasteiger charge is -2.25. The van der Waals surface area contributed by atoms with Gasteiger partial charge in [-0.15, -0.1) is 6.58 Å². The monoisotopic (exact) mass is 622 g/mol. The van der Waals surface area contributed by atoms with Crippen LogP contribution in [0.5, 0.6) is 5.75 Å². The van der Waals surface area contributed by atoms with Crippen LogP contribution in [0.25, 0.3) is 0 Å². The molecule has 2 amide bonds. The summed E-state index contributed by atoms with van der Waals surface area (Å²) < 4.78 is 88.8. The summed E-state index contributed by atoms with van der Waals surface area (Å²) in [5.41, 5.74) is -0.353. The molecular formula is C30H28F6N4O4. The Bertz CT molecular complexity index is 1560. The predicted molar refractivity (Wildman–Crippen MR) is 150 cm³/mol. The first kappa shape index (κ1) is 33.5. The second kappa shape index (κ2) is 15.5. The van der Waals surface area contributed by atoms with E-state index < -0.39 is 88.7 Å². The van der Waals surface area contributed by atoms with E-state index in [4.69, 9.17) is 4.74 Å². The van der Waals surface area contributed by atoms with Gasteiger partial charge < -0.3 is 20.8 Å². The first-order valence-corrected chi connectivity index (χ1v) is 13.1. The van der Waals surface area contributed by atoms with Crippen LogP contribution in [-0.2, 0) is 13.2 Å². The van der Waals surface area contributed by atoms with Crippen molar-refractivity contribution >= 4 is 11.8 Å². The minimum absolute atomic E-state index is 0.0752. The van der Waals surface area contributed by atoms with Gasteiger partial charge in [0.1, 0.15) is 36.3 Å². The molecule has 3 unspecified atom stereocenters. The minimum atomic E-state index is -2.35. The number of alkyl halides is 2. The zero-order valence-corrected chi connectivity index (χ0v) is 23.3. The lowest BCUT2D eigenvalue weighted by Crippen LogP contribution is -2.43. The number of carbonyl (C=O) groups excluding carboxylic acids is 2. The molecule has 3 atom stereocenters. The number of amides is 2. The number of nitrogens with one attached hydrogen (secondary N) is 3. The van der Waals surface area contributed by atoms with Gasteiger partial charge in [0.15, 0.2) is 17.6 Å². The molecule has 3 N–H and O–H groups in total. The van der Waals surface area contributed by atoms with E-state index in [1.165, 1.54) is 13.0 Å². The average Bonchev–Trinajstić information content (AvgIpc) is 2.99. The Hall–Kier alpha value is -5.01. The Kier molecular flexibility index (Phi) is 11.8. The number of pyridine rings is 1. The summed E-state index contributed by atoms with van der Waals surface area (Å²) in [5, 5.41) is 4.63. The molecule has 0 saturated carbocycles. The first-order valence-electron chi connectivity index (χ1n) is 13.1. The number of ether oxygens (including phenoxy) is 1. The number of hydrogen-bond acceptors (Lipinski definition) is 5. The SMILES string of the molecule is C=CC(C)NC(=O)c1c(OCc2ccccc2)c(=O)c(C(=O)NCc2c(F)cc(F)cc2F)cn1NC(C=CF)C(F)CF. The summed E-state index contributed by atoms with van der Waals surface area (Å²) in [7, 11) is 0. The Morgan fingerprint density at radius 1 is 1.09 bits per heavy atom. The van der Waals surface area contributed by atoms with Gasteiger partial charge in [-0.25, -0.2) is 26.3 Å². The first-order chi connectivity index (χ1) is 21.0. The van der Waals surface area contributed by atoms with Gasteiger partial charge in [-0.3, -0.25) is 19.1 Å². The van der Waals surface area contributed by atoms with Crippen molar-refractivity contribution in [3.63, 3.8) is 0 Å². The number of halogens is 6. The highest BCUT2D eigenvalue weighted by Gasteiger charge is 2.29. The topological polar surface area (TPSA) is 101 Å². The lowest BCUT2D eigenvalue weighted by molar-refractivity contribution is 0.0920. The number of aromatic nitrogens is 1. The van der Waals surface area contributed by atoms with Gasteiger partial charge in [0.25, 0.3) is 11.8 Å². The lowest BCUT2D eigenvalue weighted by atomic mass is 10.1. The van der Waals surface area contributed by atoms with E-state index in [1.54, 1.807) is 30.3 Å². The smallest absolute Gasteiger partial charge is 0.274 e. The van der Waals surface area contributed by atoms with E-state index in [0.717, 1.165) is 6.20 Å². The molecule has 0 saturated heterocycles. The number of hydrogen-bond donors (Lipinski definition) is 3. The van der Waals surface area contributed by atoms with Crippen LogP contribution in [0.4, 0.5) is 26.3 Å². The van der Waals surface area contributed by atoms with E-state index in [0.29, 0.717) is 28.4 Å². The highest BCUT2D eigenvalue weighted by atomic mass is 19.2. The zero-order valence-electron chi connectivity index (χ0n) is 23.3. The molecule has 8 nitrogen and oxygen atoms in total. The molecule has 0 aliphatic rings. The summed E-state index contributed by atoms with van der Waals surface area (Å²) in [6, 6.07) is 6.69. The van der Waals surface area contributed by atoms with E-state index in [9.17, 15) is 40.7 Å². The number of carbonyl (C=O) groups is 2. The molecule has 1 aromatic heterocycles. The van der Waals surface area contributed by atoms with Gasteiger partial charge in [-0.2, -0.15) is 0 Å². The molecule has 1 heterocycles. The largest absolute Gasteiger partial charge is 0.482 e. The number of nitrogens with zero attached hydrogens (tertiary/aromatic N) is 1. The fourth-order valence-corrected chi connectivity index (χ4v) is 3.85. The summed E-state index contributed by atoms with van der Waals surface area (Å²) >= 11 is 0. The second-order valence-corrected chi connectivity index (χ2v) is 9.37. The summed E-state index contributed by atoms with van der Waals surface area (Å²) in [6.45, 7) is 2.39. The third-order valence-corrected chi connectivity index (χ3v) is 6.20.